The Morgan fingerprint density at radius 3 is 3.15 bits per heavy atom. The number of hydrogen-bond acceptors (Lipinski definition) is 2. The molecule has 70 valence electrons. The summed E-state index contributed by atoms with van der Waals surface area (Å²) in [5.41, 5.74) is 0. The molecule has 0 unspecified atom stereocenters. The van der Waals surface area contributed by atoms with Gasteiger partial charge in [-0.05, 0) is 11.2 Å². The molecule has 0 fully saturated rings. The Morgan fingerprint density at radius 2 is 2.54 bits per heavy atom. The molecular formula is C9H13N2O2+. The maximum absolute atomic E-state index is 10.8. The van der Waals surface area contributed by atoms with E-state index < -0.39 is 5.97 Å². The summed E-state index contributed by atoms with van der Waals surface area (Å²) in [7, 11) is 0. The van der Waals surface area contributed by atoms with Crippen molar-refractivity contribution in [1.82, 2.24) is 4.73 Å². The van der Waals surface area contributed by atoms with Crippen molar-refractivity contribution in [2.75, 3.05) is 0 Å². The number of carbonyl (C=O) groups excluding carboxylic acids is 1. The van der Waals surface area contributed by atoms with Crippen LogP contribution in [0.3, 0.4) is 0 Å². The van der Waals surface area contributed by atoms with Gasteiger partial charge in [0, 0.05) is 6.08 Å². The molecule has 0 N–H and O–H groups in total. The maximum Gasteiger partial charge on any atom is 0.380 e. The van der Waals surface area contributed by atoms with Gasteiger partial charge in [0.15, 0.2) is 6.20 Å². The smallest absolute Gasteiger partial charge is 0.253 e. The van der Waals surface area contributed by atoms with Gasteiger partial charge in [0.2, 0.25) is 0 Å². The van der Waals surface area contributed by atoms with Gasteiger partial charge in [0.05, 0.1) is 6.54 Å². The van der Waals surface area contributed by atoms with Crippen LogP contribution in [-0.2, 0) is 11.3 Å². The average Bonchev–Trinajstić information content (AvgIpc) is 2.53. The summed E-state index contributed by atoms with van der Waals surface area (Å²) in [6.45, 7) is 6.30. The molecule has 0 aromatic carbocycles. The molecule has 0 saturated carbocycles. The molecule has 0 saturated heterocycles. The second-order valence-corrected chi connectivity index (χ2v) is 2.63. The van der Waals surface area contributed by atoms with Crippen molar-refractivity contribution in [3.05, 3.63) is 31.4 Å². The highest BCUT2D eigenvalue weighted by Crippen LogP contribution is 1.83. The molecule has 1 rings (SSSR count). The van der Waals surface area contributed by atoms with Crippen molar-refractivity contribution in [2.45, 2.75) is 19.9 Å². The fourth-order valence-electron chi connectivity index (χ4n) is 0.960. The highest BCUT2D eigenvalue weighted by Gasteiger charge is 2.06. The van der Waals surface area contributed by atoms with Crippen LogP contribution < -0.4 is 9.40 Å². The molecule has 1 heterocycles. The molecule has 0 bridgehead atoms. The molecule has 4 heteroatoms. The summed E-state index contributed by atoms with van der Waals surface area (Å²) >= 11 is 0. The lowest BCUT2D eigenvalue weighted by atomic mass is 10.5. The van der Waals surface area contributed by atoms with Gasteiger partial charge in [0.25, 0.3) is 6.33 Å². The van der Waals surface area contributed by atoms with E-state index in [0.717, 1.165) is 19.0 Å². The van der Waals surface area contributed by atoms with Crippen LogP contribution in [0.5, 0.6) is 0 Å². The first-order valence-electron chi connectivity index (χ1n) is 4.18. The van der Waals surface area contributed by atoms with Crippen LogP contribution in [0.4, 0.5) is 0 Å². The fourth-order valence-corrected chi connectivity index (χ4v) is 0.960. The zero-order valence-corrected chi connectivity index (χ0v) is 7.64. The highest BCUT2D eigenvalue weighted by molar-refractivity contribution is 5.81. The highest BCUT2D eigenvalue weighted by atomic mass is 16.7. The number of aryl methyl sites for hydroxylation is 1. The minimum absolute atomic E-state index is 0.459. The van der Waals surface area contributed by atoms with E-state index >= 15 is 0 Å². The van der Waals surface area contributed by atoms with Crippen LogP contribution in [0.25, 0.3) is 0 Å². The van der Waals surface area contributed by atoms with E-state index in [-0.39, 0.29) is 0 Å². The third kappa shape index (κ3) is 2.74. The monoisotopic (exact) mass is 181 g/mol. The Kier molecular flexibility index (Phi) is 3.25. The van der Waals surface area contributed by atoms with Gasteiger partial charge in [-0.1, -0.05) is 13.5 Å². The lowest BCUT2D eigenvalue weighted by Gasteiger charge is -1.91. The Balaban J connectivity index is 2.58. The topological polar surface area (TPSA) is 35.1 Å². The molecule has 1 aromatic heterocycles. The Labute approximate surface area is 77.0 Å². The molecular weight excluding hydrogens is 168 g/mol. The molecule has 0 amide bonds. The zero-order valence-electron chi connectivity index (χ0n) is 7.64. The SMILES string of the molecule is C=CC(=O)On1cc[n+](CCC)c1. The van der Waals surface area contributed by atoms with E-state index in [4.69, 9.17) is 4.84 Å². The van der Waals surface area contributed by atoms with E-state index in [1.54, 1.807) is 12.5 Å². The quantitative estimate of drug-likeness (QED) is 0.495. The first kappa shape index (κ1) is 9.51. The largest absolute Gasteiger partial charge is 0.380 e. The van der Waals surface area contributed by atoms with Crippen LogP contribution in [-0.4, -0.2) is 10.7 Å². The number of carbonyl (C=O) groups is 1. The van der Waals surface area contributed by atoms with Gasteiger partial charge in [-0.25, -0.2) is 9.36 Å². The molecule has 0 aliphatic carbocycles. The molecule has 0 radical (unpaired) electrons. The molecule has 0 atom stereocenters. The van der Waals surface area contributed by atoms with Crippen molar-refractivity contribution < 1.29 is 14.2 Å². The molecule has 13 heavy (non-hydrogen) atoms. The van der Waals surface area contributed by atoms with Crippen molar-refractivity contribution >= 4 is 5.97 Å². The van der Waals surface area contributed by atoms with E-state index in [1.807, 2.05) is 10.8 Å². The van der Waals surface area contributed by atoms with Gasteiger partial charge < -0.3 is 0 Å². The van der Waals surface area contributed by atoms with E-state index in [2.05, 4.69) is 13.5 Å². The van der Waals surface area contributed by atoms with Gasteiger partial charge in [-0.3, -0.25) is 4.84 Å². The summed E-state index contributed by atoms with van der Waals surface area (Å²) in [5, 5.41) is 0. The lowest BCUT2D eigenvalue weighted by Crippen LogP contribution is -2.31. The first-order chi connectivity index (χ1) is 6.26. The minimum atomic E-state index is -0.459. The normalized spacial score (nSPS) is 9.62. The predicted molar refractivity (Wildman–Crippen MR) is 46.7 cm³/mol. The zero-order chi connectivity index (χ0) is 9.68. The second kappa shape index (κ2) is 4.45. The predicted octanol–water partition coefficient (Wildman–Crippen LogP) is 0.327. The lowest BCUT2D eigenvalue weighted by molar-refractivity contribution is -0.697. The number of hydrogen-bond donors (Lipinski definition) is 0. The number of nitrogens with zero attached hydrogens (tertiary/aromatic N) is 2. The maximum atomic E-state index is 10.8. The third-order valence-electron chi connectivity index (χ3n) is 1.51. The van der Waals surface area contributed by atoms with Gasteiger partial charge >= 0.3 is 5.97 Å². The van der Waals surface area contributed by atoms with Crippen molar-refractivity contribution in [3.63, 3.8) is 0 Å². The summed E-state index contributed by atoms with van der Waals surface area (Å²) in [4.78, 5) is 15.6. The summed E-state index contributed by atoms with van der Waals surface area (Å²) in [6.07, 6.45) is 7.41. The fraction of sp³-hybridized carbons (Fsp3) is 0.333. The van der Waals surface area contributed by atoms with Gasteiger partial charge in [0.1, 0.15) is 6.20 Å². The van der Waals surface area contributed by atoms with Crippen LogP contribution in [0.2, 0.25) is 0 Å². The second-order valence-electron chi connectivity index (χ2n) is 2.63. The van der Waals surface area contributed by atoms with Crippen LogP contribution in [0.15, 0.2) is 31.4 Å². The van der Waals surface area contributed by atoms with Crippen LogP contribution >= 0.6 is 0 Å². The van der Waals surface area contributed by atoms with Gasteiger partial charge in [-0.2, -0.15) is 0 Å². The third-order valence-corrected chi connectivity index (χ3v) is 1.51. The van der Waals surface area contributed by atoms with Crippen molar-refractivity contribution in [2.24, 2.45) is 0 Å². The van der Waals surface area contributed by atoms with E-state index in [9.17, 15) is 4.79 Å². The number of imidazole rings is 1. The van der Waals surface area contributed by atoms with Crippen LogP contribution in [0, 0.1) is 0 Å². The standard InChI is InChI=1S/C9H13N2O2/c1-3-5-10-6-7-11(8-10)13-9(12)4-2/h4,6-8H,2-3,5H2,1H3/q+1. The molecule has 0 spiro atoms. The van der Waals surface area contributed by atoms with Crippen LogP contribution in [0.1, 0.15) is 13.3 Å². The molecule has 0 aliphatic heterocycles. The molecule has 1 aromatic rings. The van der Waals surface area contributed by atoms with Gasteiger partial charge in [-0.15, -0.1) is 0 Å². The van der Waals surface area contributed by atoms with Crippen molar-refractivity contribution in [1.29, 1.82) is 0 Å². The average molecular weight is 181 g/mol. The van der Waals surface area contributed by atoms with Crippen molar-refractivity contribution in [3.8, 4) is 0 Å². The van der Waals surface area contributed by atoms with E-state index in [0.29, 0.717) is 0 Å². The number of aromatic nitrogens is 2. The molecule has 4 nitrogen and oxygen atoms in total. The van der Waals surface area contributed by atoms with E-state index in [1.165, 1.54) is 4.73 Å². The first-order valence-corrected chi connectivity index (χ1v) is 4.18. The molecule has 0 aliphatic rings. The Bertz CT molecular complexity index is 304. The number of rotatable bonds is 4. The summed E-state index contributed by atoms with van der Waals surface area (Å²) in [5.74, 6) is -0.459. The Hall–Kier alpha value is -1.58. The summed E-state index contributed by atoms with van der Waals surface area (Å²) < 4.78 is 3.30. The minimum Gasteiger partial charge on any atom is -0.253 e. The summed E-state index contributed by atoms with van der Waals surface area (Å²) in [6, 6.07) is 0. The Morgan fingerprint density at radius 1 is 1.77 bits per heavy atom.